The van der Waals surface area contributed by atoms with Crippen LogP contribution in [-0.4, -0.2) is 212 Å². The van der Waals surface area contributed by atoms with Crippen molar-refractivity contribution in [2.45, 2.75) is 264 Å². The first kappa shape index (κ1) is 89.0. The van der Waals surface area contributed by atoms with Crippen LogP contribution in [0.4, 0.5) is 0 Å². The summed E-state index contributed by atoms with van der Waals surface area (Å²) >= 11 is 0. The van der Waals surface area contributed by atoms with E-state index in [0.29, 0.717) is 94.9 Å². The van der Waals surface area contributed by atoms with Gasteiger partial charge in [0.15, 0.2) is 11.5 Å². The Morgan fingerprint density at radius 3 is 2.13 bits per heavy atom. The van der Waals surface area contributed by atoms with Gasteiger partial charge in [-0.25, -0.2) is 9.59 Å². The fraction of sp³-hybridized carbons (Fsp3) is 0.674. The molecule has 21 atom stereocenters. The number of carbonyl (C=O) groups is 10. The van der Waals surface area contributed by atoms with Crippen LogP contribution >= 0.6 is 0 Å². The molecule has 25 nitrogen and oxygen atoms in total. The molecule has 614 valence electrons. The number of esters is 5. The average molecular weight is 1550 g/mol. The fourth-order valence-electron chi connectivity index (χ4n) is 18.4. The molecule has 0 aromatic rings. The van der Waals surface area contributed by atoms with Crippen molar-refractivity contribution in [3.8, 4) is 0 Å². The molecule has 3 N–H and O–H groups in total. The number of carbonyl (C=O) groups excluding carboxylic acids is 10. The number of unbranched alkanes of at least 4 members (excludes halogenated alkanes) is 1. The lowest BCUT2D eigenvalue weighted by Crippen LogP contribution is -2.61. The molecular formula is C86H122N2O23. The molecule has 25 heteroatoms. The van der Waals surface area contributed by atoms with Crippen LogP contribution in [0, 0.1) is 52.3 Å². The second-order valence-electron chi connectivity index (χ2n) is 32.7. The molecule has 2 unspecified atom stereocenters. The fourth-order valence-corrected chi connectivity index (χ4v) is 18.4. The number of allylic oxidation sites excluding steroid dienone is 7. The highest BCUT2D eigenvalue weighted by molar-refractivity contribution is 6.39. The quantitative estimate of drug-likeness (QED) is 0.0240. The molecule has 8 aliphatic rings. The summed E-state index contributed by atoms with van der Waals surface area (Å²) in [7, 11) is 5.88. The first-order chi connectivity index (χ1) is 52.6. The van der Waals surface area contributed by atoms with Gasteiger partial charge in [0.2, 0.25) is 11.6 Å². The van der Waals surface area contributed by atoms with E-state index in [4.69, 9.17) is 47.4 Å². The van der Waals surface area contributed by atoms with Crippen molar-refractivity contribution in [3.05, 3.63) is 107 Å². The molecule has 0 spiro atoms. The summed E-state index contributed by atoms with van der Waals surface area (Å²) in [6.07, 6.45) is 12.5. The molecule has 0 aromatic carbocycles. The molecule has 4 aliphatic heterocycles. The summed E-state index contributed by atoms with van der Waals surface area (Å²) < 4.78 is 60.3. The number of hydrogen-bond acceptors (Lipinski definition) is 24. The van der Waals surface area contributed by atoms with Crippen molar-refractivity contribution in [3.63, 3.8) is 0 Å². The lowest BCUT2D eigenvalue weighted by molar-refractivity contribution is -0.265. The molecule has 3 saturated heterocycles. The number of Topliss-reactive ketones (excluding diaryl/α,β-unsaturated/α-hetero) is 4. The number of aliphatic hydroxyl groups is 3. The molecule has 2 saturated carbocycles. The number of nitrogens with zero attached hydrogens (tertiary/aromatic N) is 2. The highest BCUT2D eigenvalue weighted by atomic mass is 16.6. The standard InChI is InChI=1S/C86H122N2O23/c1-17-37-87(38-18-2)47-59-73-78(96)77(95)72-60-34-36-68(84(60,11)46-67(106-56(10)89)74(72)85(73,12)69(48-102-13)110-82(59)99)109-71(92)30-23-22-29-70(91)107-63-35-32-57(43-66(63)104-15)42-52(6)65-45-62(90)51(5)41-54(8)76(94)79(105-16)75(93)53(7)40-49(3)26-20-19-21-27-50(4)64(103-14)44-58-33-31-55(9)86(101,111-58)80(97)81(98)88-39-25-24-28-61(88)83(100)108-65/h17-21,26-27,41,47,49,51-53,55,57-58,60-61,63-69,76,79,94,96,101H,1-2,22-25,28-40,42-46,48H2,3-16H3/b21-19+,26-20+,50-27+,54-41+,59-47+/t49-,51-,52?,53-,55-,57+,58+,60?,61+,63-,64+,65+,66-,67-,68+,69-,76-,79+,84+,85+,86-/m1/s1. The predicted molar refractivity (Wildman–Crippen MR) is 410 cm³/mol. The van der Waals surface area contributed by atoms with E-state index in [9.17, 15) is 63.3 Å². The zero-order valence-corrected chi connectivity index (χ0v) is 67.7. The average Bonchev–Trinajstić information content (AvgIpc) is 1.61. The SMILES string of the molecule is C=CCN(/C=C1/C(=O)O[C@H](COC)[C@@]2(C)C1=C(O)C(=O)C1=C2[C@H](OC(C)=O)C[C@@]2(C)C1CC[C@@H]2OC(=O)CCCCC(=O)O[C@@H]1CC[C@@H](CC(C)[C@@H]2CC(=O)[C@H](C)/C=C(\C)[C@@H](O)[C@@H](OC)C(=O)[C@H](C)C[C@H](C)/C=C/C=C/C=C(\C)[C@@H](OC)C[C@@H]3CC[C@@H](C)[C@@](O)(O3)C(=O)C(=O)N3CCCC[C@H]3C(=O)O2)C[C@H]1OC)CC=C. The number of hydrogen-bond donors (Lipinski definition) is 3. The summed E-state index contributed by atoms with van der Waals surface area (Å²) in [5.41, 5.74) is -0.645. The van der Waals surface area contributed by atoms with E-state index < -0.39 is 166 Å². The van der Waals surface area contributed by atoms with Crippen molar-refractivity contribution >= 4 is 58.9 Å². The number of methoxy groups -OCH3 is 4. The van der Waals surface area contributed by atoms with Gasteiger partial charge >= 0.3 is 29.8 Å². The summed E-state index contributed by atoms with van der Waals surface area (Å²) in [5.74, 6) is -13.4. The Hall–Kier alpha value is -7.52. The minimum Gasteiger partial charge on any atom is -0.504 e. The van der Waals surface area contributed by atoms with Crippen LogP contribution in [0.5, 0.6) is 0 Å². The number of cyclic esters (lactones) is 2. The van der Waals surface area contributed by atoms with E-state index in [1.165, 1.54) is 34.5 Å². The minimum atomic E-state index is -2.51. The zero-order chi connectivity index (χ0) is 81.6. The number of fused-ring (bicyclic) bond motifs is 7. The smallest absolute Gasteiger partial charge is 0.340 e. The van der Waals surface area contributed by atoms with E-state index in [2.05, 4.69) is 13.2 Å². The van der Waals surface area contributed by atoms with Crippen molar-refractivity contribution in [2.75, 3.05) is 54.7 Å². The molecular weight excluding hydrogens is 1430 g/mol. The molecule has 0 aromatic heterocycles. The van der Waals surface area contributed by atoms with E-state index in [0.717, 1.165) is 10.5 Å². The minimum absolute atomic E-state index is 0.0146. The third-order valence-corrected chi connectivity index (χ3v) is 24.7. The van der Waals surface area contributed by atoms with E-state index in [1.54, 1.807) is 64.9 Å². The number of piperidine rings is 1. The number of aliphatic hydroxyl groups excluding tert-OH is 2. The van der Waals surface area contributed by atoms with Gasteiger partial charge in [0.1, 0.15) is 54.6 Å². The van der Waals surface area contributed by atoms with Crippen molar-refractivity contribution in [1.29, 1.82) is 0 Å². The Morgan fingerprint density at radius 1 is 0.784 bits per heavy atom. The molecule has 5 fully saturated rings. The second-order valence-corrected chi connectivity index (χ2v) is 32.7. The molecule has 111 heavy (non-hydrogen) atoms. The number of ketones is 4. The van der Waals surface area contributed by atoms with Gasteiger partial charge in [-0.15, -0.1) is 13.2 Å². The Morgan fingerprint density at radius 2 is 1.48 bits per heavy atom. The summed E-state index contributed by atoms with van der Waals surface area (Å²) in [5, 5.41) is 36.0. The molecule has 4 aliphatic carbocycles. The maximum Gasteiger partial charge on any atom is 0.340 e. The number of ether oxygens (including phenoxy) is 10. The van der Waals surface area contributed by atoms with E-state index in [-0.39, 0.29) is 105 Å². The molecule has 2 bridgehead atoms. The Labute approximate surface area is 654 Å². The van der Waals surface area contributed by atoms with Crippen LogP contribution in [0.25, 0.3) is 0 Å². The van der Waals surface area contributed by atoms with Gasteiger partial charge in [-0.3, -0.25) is 38.4 Å². The van der Waals surface area contributed by atoms with Gasteiger partial charge in [0, 0.05) is 121 Å². The van der Waals surface area contributed by atoms with Gasteiger partial charge in [0.05, 0.1) is 35.9 Å². The van der Waals surface area contributed by atoms with Gasteiger partial charge in [0.25, 0.3) is 11.7 Å². The summed E-state index contributed by atoms with van der Waals surface area (Å²) in [4.78, 5) is 145. The van der Waals surface area contributed by atoms with Crippen molar-refractivity contribution < 1.29 is 111 Å². The molecule has 8 rings (SSSR count). The first-order valence-corrected chi connectivity index (χ1v) is 39.8. The highest BCUT2D eigenvalue weighted by Crippen LogP contribution is 2.64. The first-order valence-electron chi connectivity index (χ1n) is 39.8. The van der Waals surface area contributed by atoms with Crippen LogP contribution in [0.15, 0.2) is 107 Å². The van der Waals surface area contributed by atoms with E-state index >= 15 is 0 Å². The normalized spacial score (nSPS) is 36.6. The third-order valence-electron chi connectivity index (χ3n) is 24.7. The lowest BCUT2D eigenvalue weighted by Gasteiger charge is -2.54. The predicted octanol–water partition coefficient (Wildman–Crippen LogP) is 10.8. The monoisotopic (exact) mass is 1550 g/mol. The summed E-state index contributed by atoms with van der Waals surface area (Å²) in [6.45, 7) is 25.5. The lowest BCUT2D eigenvalue weighted by atomic mass is 9.53. The van der Waals surface area contributed by atoms with Crippen LogP contribution in [0.3, 0.4) is 0 Å². The zero-order valence-electron chi connectivity index (χ0n) is 67.7. The maximum atomic E-state index is 14.9. The van der Waals surface area contributed by atoms with Crippen LogP contribution in [0.1, 0.15) is 191 Å². The second kappa shape index (κ2) is 39.5. The van der Waals surface area contributed by atoms with Crippen LogP contribution in [0.2, 0.25) is 0 Å². The van der Waals surface area contributed by atoms with Gasteiger partial charge in [-0.05, 0) is 157 Å². The van der Waals surface area contributed by atoms with Crippen LogP contribution < -0.4 is 0 Å². The third kappa shape index (κ3) is 20.5. The number of amides is 1. The maximum absolute atomic E-state index is 14.9. The Balaban J connectivity index is 0.926. The highest BCUT2D eigenvalue weighted by Gasteiger charge is 2.66. The molecule has 4 heterocycles. The van der Waals surface area contributed by atoms with Crippen molar-refractivity contribution in [1.82, 2.24) is 9.80 Å². The number of rotatable bonds is 21. The molecule has 1 amide bonds. The van der Waals surface area contributed by atoms with E-state index in [1.807, 2.05) is 58.1 Å². The van der Waals surface area contributed by atoms with Gasteiger partial charge < -0.3 is 72.5 Å². The Bertz CT molecular complexity index is 3660. The molecule has 0 radical (unpaired) electrons. The van der Waals surface area contributed by atoms with Crippen LogP contribution in [-0.2, 0) is 95.3 Å². The van der Waals surface area contributed by atoms with Gasteiger partial charge in [-0.2, -0.15) is 0 Å². The van der Waals surface area contributed by atoms with Crippen molar-refractivity contribution in [2.24, 2.45) is 52.3 Å². The topological polar surface area (TPSA) is 330 Å². The van der Waals surface area contributed by atoms with Gasteiger partial charge in [-0.1, -0.05) is 90.2 Å². The summed E-state index contributed by atoms with van der Waals surface area (Å²) in [6, 6.07) is -1.24. The largest absolute Gasteiger partial charge is 0.504 e. The Kier molecular flexibility index (Phi) is 31.7.